The standard InChI is InChI=1S/C14H16N4O3/c1-9(2)12-13(15-3)16-8-17-14(12)21-11-7-5-4-6-10(11)18(19)20/h4-9H,1-3H3,(H,15,16,17). The van der Waals surface area contributed by atoms with Gasteiger partial charge in [0.05, 0.1) is 10.5 Å². The molecule has 0 atom stereocenters. The summed E-state index contributed by atoms with van der Waals surface area (Å²) in [4.78, 5) is 18.8. The predicted octanol–water partition coefficient (Wildman–Crippen LogP) is 3.34. The van der Waals surface area contributed by atoms with E-state index in [0.29, 0.717) is 11.7 Å². The Kier molecular flexibility index (Phi) is 4.32. The van der Waals surface area contributed by atoms with Gasteiger partial charge in [0.1, 0.15) is 12.1 Å². The Morgan fingerprint density at radius 1 is 1.29 bits per heavy atom. The molecule has 0 saturated carbocycles. The Balaban J connectivity index is 2.48. The van der Waals surface area contributed by atoms with Crippen LogP contribution in [-0.2, 0) is 0 Å². The molecule has 7 nitrogen and oxygen atoms in total. The van der Waals surface area contributed by atoms with Gasteiger partial charge < -0.3 is 10.1 Å². The summed E-state index contributed by atoms with van der Waals surface area (Å²) in [5.74, 6) is 1.23. The van der Waals surface area contributed by atoms with E-state index in [-0.39, 0.29) is 17.4 Å². The number of para-hydroxylation sites is 2. The highest BCUT2D eigenvalue weighted by Crippen LogP contribution is 2.36. The first-order chi connectivity index (χ1) is 10.0. The van der Waals surface area contributed by atoms with Crippen LogP contribution < -0.4 is 10.1 Å². The highest BCUT2D eigenvalue weighted by atomic mass is 16.6. The molecule has 1 N–H and O–H groups in total. The molecule has 21 heavy (non-hydrogen) atoms. The normalized spacial score (nSPS) is 10.5. The molecule has 0 saturated heterocycles. The topological polar surface area (TPSA) is 90.2 Å². The van der Waals surface area contributed by atoms with Crippen LogP contribution in [0.4, 0.5) is 11.5 Å². The summed E-state index contributed by atoms with van der Waals surface area (Å²) in [7, 11) is 1.75. The number of rotatable bonds is 5. The SMILES string of the molecule is CNc1ncnc(Oc2ccccc2[N+](=O)[O-])c1C(C)C. The second-order valence-electron chi connectivity index (χ2n) is 4.67. The zero-order valence-electron chi connectivity index (χ0n) is 12.0. The van der Waals surface area contributed by atoms with E-state index < -0.39 is 4.92 Å². The van der Waals surface area contributed by atoms with Crippen LogP contribution in [0.1, 0.15) is 25.3 Å². The van der Waals surface area contributed by atoms with E-state index in [2.05, 4.69) is 15.3 Å². The molecule has 1 heterocycles. The summed E-state index contributed by atoms with van der Waals surface area (Å²) >= 11 is 0. The lowest BCUT2D eigenvalue weighted by Gasteiger charge is -2.15. The van der Waals surface area contributed by atoms with Crippen LogP contribution in [-0.4, -0.2) is 21.9 Å². The van der Waals surface area contributed by atoms with Crippen LogP contribution in [0.25, 0.3) is 0 Å². The molecule has 0 radical (unpaired) electrons. The van der Waals surface area contributed by atoms with Crippen LogP contribution in [0.3, 0.4) is 0 Å². The molecule has 0 aliphatic rings. The fourth-order valence-corrected chi connectivity index (χ4v) is 1.98. The van der Waals surface area contributed by atoms with Crippen LogP contribution in [0.2, 0.25) is 0 Å². The molecular formula is C14H16N4O3. The lowest BCUT2D eigenvalue weighted by molar-refractivity contribution is -0.385. The van der Waals surface area contributed by atoms with Crippen molar-refractivity contribution < 1.29 is 9.66 Å². The first kappa shape index (κ1) is 14.7. The number of anilines is 1. The Morgan fingerprint density at radius 2 is 2.00 bits per heavy atom. The number of benzene rings is 1. The number of aromatic nitrogens is 2. The highest BCUT2D eigenvalue weighted by Gasteiger charge is 2.20. The first-order valence-corrected chi connectivity index (χ1v) is 6.48. The molecule has 0 amide bonds. The Labute approximate surface area is 122 Å². The minimum absolute atomic E-state index is 0.100. The zero-order valence-corrected chi connectivity index (χ0v) is 12.0. The minimum Gasteiger partial charge on any atom is -0.431 e. The molecule has 0 bridgehead atoms. The molecule has 0 aliphatic heterocycles. The van der Waals surface area contributed by atoms with E-state index in [1.807, 2.05) is 13.8 Å². The van der Waals surface area contributed by atoms with Crippen LogP contribution in [0.15, 0.2) is 30.6 Å². The number of nitrogens with zero attached hydrogens (tertiary/aromatic N) is 3. The summed E-state index contributed by atoms with van der Waals surface area (Å²) in [6, 6.07) is 6.21. The minimum atomic E-state index is -0.482. The molecule has 1 aromatic heterocycles. The predicted molar refractivity (Wildman–Crippen MR) is 78.8 cm³/mol. The van der Waals surface area contributed by atoms with Crippen molar-refractivity contribution in [3.63, 3.8) is 0 Å². The van der Waals surface area contributed by atoms with Crippen LogP contribution in [0.5, 0.6) is 11.6 Å². The van der Waals surface area contributed by atoms with Gasteiger partial charge in [-0.05, 0) is 12.0 Å². The molecule has 0 spiro atoms. The average Bonchev–Trinajstić information content (AvgIpc) is 2.47. The van der Waals surface area contributed by atoms with Crippen LogP contribution in [0, 0.1) is 10.1 Å². The number of nitro groups is 1. The lowest BCUT2D eigenvalue weighted by atomic mass is 10.1. The summed E-state index contributed by atoms with van der Waals surface area (Å²) in [5, 5.41) is 14.0. The maximum Gasteiger partial charge on any atom is 0.311 e. The molecule has 1 aromatic carbocycles. The second-order valence-corrected chi connectivity index (χ2v) is 4.67. The number of hydrogen-bond donors (Lipinski definition) is 1. The second kappa shape index (κ2) is 6.17. The third kappa shape index (κ3) is 3.07. The van der Waals surface area contributed by atoms with Crippen molar-refractivity contribution in [2.75, 3.05) is 12.4 Å². The van der Waals surface area contributed by atoms with Crippen molar-refractivity contribution in [1.29, 1.82) is 0 Å². The van der Waals surface area contributed by atoms with Gasteiger partial charge in [0.15, 0.2) is 0 Å². The van der Waals surface area contributed by atoms with E-state index in [1.165, 1.54) is 12.4 Å². The molecular weight excluding hydrogens is 272 g/mol. The number of hydrogen-bond acceptors (Lipinski definition) is 6. The van der Waals surface area contributed by atoms with Gasteiger partial charge in [0.2, 0.25) is 11.6 Å². The largest absolute Gasteiger partial charge is 0.431 e. The van der Waals surface area contributed by atoms with Crippen molar-refractivity contribution in [2.45, 2.75) is 19.8 Å². The van der Waals surface area contributed by atoms with Crippen molar-refractivity contribution >= 4 is 11.5 Å². The third-order valence-electron chi connectivity index (χ3n) is 2.93. The van der Waals surface area contributed by atoms with E-state index in [9.17, 15) is 10.1 Å². The molecule has 110 valence electrons. The van der Waals surface area contributed by atoms with Gasteiger partial charge in [-0.1, -0.05) is 26.0 Å². The van der Waals surface area contributed by atoms with Crippen molar-refractivity contribution in [3.05, 3.63) is 46.3 Å². The molecule has 2 rings (SSSR count). The molecule has 0 fully saturated rings. The maximum atomic E-state index is 11.0. The quantitative estimate of drug-likeness (QED) is 0.670. The zero-order chi connectivity index (χ0) is 15.4. The van der Waals surface area contributed by atoms with E-state index in [1.54, 1.807) is 25.2 Å². The smallest absolute Gasteiger partial charge is 0.311 e. The summed E-state index contributed by atoms with van der Waals surface area (Å²) < 4.78 is 5.67. The fraction of sp³-hybridized carbons (Fsp3) is 0.286. The van der Waals surface area contributed by atoms with Gasteiger partial charge >= 0.3 is 5.69 Å². The molecule has 0 unspecified atom stereocenters. The van der Waals surface area contributed by atoms with Crippen LogP contribution >= 0.6 is 0 Å². The monoisotopic (exact) mass is 288 g/mol. The summed E-state index contributed by atoms with van der Waals surface area (Å²) in [5.41, 5.74) is 0.676. The van der Waals surface area contributed by atoms with E-state index in [4.69, 9.17) is 4.74 Å². The van der Waals surface area contributed by atoms with Gasteiger partial charge in [0, 0.05) is 13.1 Å². The third-order valence-corrected chi connectivity index (χ3v) is 2.93. The highest BCUT2D eigenvalue weighted by molar-refractivity contribution is 5.53. The van der Waals surface area contributed by atoms with E-state index in [0.717, 1.165) is 5.56 Å². The first-order valence-electron chi connectivity index (χ1n) is 6.48. The van der Waals surface area contributed by atoms with Crippen molar-refractivity contribution in [3.8, 4) is 11.6 Å². The summed E-state index contributed by atoms with van der Waals surface area (Å²) in [6.07, 6.45) is 1.36. The Bertz CT molecular complexity index is 658. The van der Waals surface area contributed by atoms with Gasteiger partial charge in [-0.15, -0.1) is 0 Å². The average molecular weight is 288 g/mol. The lowest BCUT2D eigenvalue weighted by Crippen LogP contribution is -2.05. The molecule has 2 aromatic rings. The Hall–Kier alpha value is -2.70. The number of nitro benzene ring substituents is 1. The number of ether oxygens (including phenoxy) is 1. The van der Waals surface area contributed by atoms with E-state index >= 15 is 0 Å². The molecule has 7 heteroatoms. The number of nitrogens with one attached hydrogen (secondary N) is 1. The Morgan fingerprint density at radius 3 is 2.62 bits per heavy atom. The van der Waals surface area contributed by atoms with Gasteiger partial charge in [-0.25, -0.2) is 9.97 Å². The van der Waals surface area contributed by atoms with Gasteiger partial charge in [-0.2, -0.15) is 0 Å². The van der Waals surface area contributed by atoms with Gasteiger partial charge in [0.25, 0.3) is 0 Å². The summed E-state index contributed by atoms with van der Waals surface area (Å²) in [6.45, 7) is 3.96. The van der Waals surface area contributed by atoms with Gasteiger partial charge in [-0.3, -0.25) is 10.1 Å². The fourth-order valence-electron chi connectivity index (χ4n) is 1.98. The van der Waals surface area contributed by atoms with Crippen molar-refractivity contribution in [2.24, 2.45) is 0 Å². The molecule has 0 aliphatic carbocycles. The maximum absolute atomic E-state index is 11.0. The van der Waals surface area contributed by atoms with Crippen molar-refractivity contribution in [1.82, 2.24) is 9.97 Å².